The van der Waals surface area contributed by atoms with Crippen molar-refractivity contribution in [2.24, 2.45) is 5.92 Å². The van der Waals surface area contributed by atoms with Crippen LogP contribution in [0.3, 0.4) is 0 Å². The molecule has 0 aromatic carbocycles. The zero-order chi connectivity index (χ0) is 16.3. The van der Waals surface area contributed by atoms with Gasteiger partial charge in [0.25, 0.3) is 5.91 Å². The molecule has 22 heavy (non-hydrogen) atoms. The second-order valence-corrected chi connectivity index (χ2v) is 6.32. The average molecular weight is 306 g/mol. The standard InChI is InChI=1S/C16H26N4O2/c1-5-8-19(4)16(22)14-13-7-6-12(9-20(13)10-17-14)15(21)18-11(2)3/h10-12H,5-9H2,1-4H3,(H,18,21). The highest BCUT2D eigenvalue weighted by Crippen LogP contribution is 2.23. The molecular weight excluding hydrogens is 280 g/mol. The van der Waals surface area contributed by atoms with Crippen LogP contribution in [0, 0.1) is 5.92 Å². The Balaban J connectivity index is 2.10. The van der Waals surface area contributed by atoms with Crippen molar-refractivity contribution in [3.8, 4) is 0 Å². The molecule has 1 unspecified atom stereocenters. The Morgan fingerprint density at radius 2 is 2.23 bits per heavy atom. The van der Waals surface area contributed by atoms with Crippen molar-refractivity contribution in [3.63, 3.8) is 0 Å². The predicted molar refractivity (Wildman–Crippen MR) is 84.6 cm³/mol. The van der Waals surface area contributed by atoms with E-state index in [4.69, 9.17) is 0 Å². The number of amides is 2. The first-order valence-electron chi connectivity index (χ1n) is 8.03. The van der Waals surface area contributed by atoms with Gasteiger partial charge in [0, 0.05) is 26.2 Å². The van der Waals surface area contributed by atoms with E-state index in [1.165, 1.54) is 0 Å². The normalized spacial score (nSPS) is 17.2. The minimum absolute atomic E-state index is 0.0271. The van der Waals surface area contributed by atoms with Gasteiger partial charge < -0.3 is 14.8 Å². The van der Waals surface area contributed by atoms with Gasteiger partial charge in [-0.25, -0.2) is 4.98 Å². The number of carbonyl (C=O) groups excluding carboxylic acids is 2. The summed E-state index contributed by atoms with van der Waals surface area (Å²) in [5.41, 5.74) is 1.50. The lowest BCUT2D eigenvalue weighted by molar-refractivity contribution is -0.126. The number of carbonyl (C=O) groups is 2. The van der Waals surface area contributed by atoms with Crippen LogP contribution in [0.2, 0.25) is 0 Å². The third kappa shape index (κ3) is 3.48. The third-order valence-corrected chi connectivity index (χ3v) is 4.00. The van der Waals surface area contributed by atoms with Crippen LogP contribution >= 0.6 is 0 Å². The Morgan fingerprint density at radius 1 is 1.50 bits per heavy atom. The van der Waals surface area contributed by atoms with E-state index in [9.17, 15) is 9.59 Å². The minimum atomic E-state index is -0.0413. The van der Waals surface area contributed by atoms with Gasteiger partial charge >= 0.3 is 0 Å². The monoisotopic (exact) mass is 306 g/mol. The molecule has 0 saturated carbocycles. The molecule has 122 valence electrons. The van der Waals surface area contributed by atoms with E-state index in [2.05, 4.69) is 10.3 Å². The Bertz CT molecular complexity index is 550. The molecule has 1 aliphatic heterocycles. The fraction of sp³-hybridized carbons (Fsp3) is 0.688. The highest BCUT2D eigenvalue weighted by Gasteiger charge is 2.29. The van der Waals surface area contributed by atoms with Gasteiger partial charge in [0.15, 0.2) is 0 Å². The number of nitrogens with one attached hydrogen (secondary N) is 1. The number of fused-ring (bicyclic) bond motifs is 1. The summed E-state index contributed by atoms with van der Waals surface area (Å²) >= 11 is 0. The summed E-state index contributed by atoms with van der Waals surface area (Å²) in [6.07, 6.45) is 4.10. The van der Waals surface area contributed by atoms with Crippen LogP contribution in [0.5, 0.6) is 0 Å². The molecule has 1 aromatic rings. The van der Waals surface area contributed by atoms with Crippen molar-refractivity contribution >= 4 is 11.8 Å². The first kappa shape index (κ1) is 16.5. The van der Waals surface area contributed by atoms with Gasteiger partial charge in [0.2, 0.25) is 5.91 Å². The van der Waals surface area contributed by atoms with Crippen molar-refractivity contribution in [3.05, 3.63) is 17.7 Å². The van der Waals surface area contributed by atoms with Gasteiger partial charge in [0.1, 0.15) is 5.69 Å². The molecule has 2 amide bonds. The van der Waals surface area contributed by atoms with Gasteiger partial charge in [-0.1, -0.05) is 6.92 Å². The fourth-order valence-electron chi connectivity index (χ4n) is 2.88. The molecule has 6 nitrogen and oxygen atoms in total. The quantitative estimate of drug-likeness (QED) is 0.895. The molecule has 0 bridgehead atoms. The predicted octanol–water partition coefficient (Wildman–Crippen LogP) is 1.45. The Labute approximate surface area is 131 Å². The number of hydrogen-bond donors (Lipinski definition) is 1. The second-order valence-electron chi connectivity index (χ2n) is 6.32. The fourth-order valence-corrected chi connectivity index (χ4v) is 2.88. The van der Waals surface area contributed by atoms with Crippen molar-refractivity contribution < 1.29 is 9.59 Å². The van der Waals surface area contributed by atoms with Crippen LogP contribution in [0.15, 0.2) is 6.33 Å². The largest absolute Gasteiger partial charge is 0.354 e. The highest BCUT2D eigenvalue weighted by molar-refractivity contribution is 5.93. The van der Waals surface area contributed by atoms with Gasteiger partial charge in [-0.3, -0.25) is 9.59 Å². The number of hydrogen-bond acceptors (Lipinski definition) is 3. The summed E-state index contributed by atoms with van der Waals surface area (Å²) in [7, 11) is 1.80. The van der Waals surface area contributed by atoms with E-state index < -0.39 is 0 Å². The lowest BCUT2D eigenvalue weighted by Crippen LogP contribution is -2.39. The zero-order valence-corrected chi connectivity index (χ0v) is 13.9. The average Bonchev–Trinajstić information content (AvgIpc) is 2.88. The van der Waals surface area contributed by atoms with Crippen LogP contribution in [0.1, 0.15) is 49.8 Å². The molecule has 2 rings (SSSR count). The van der Waals surface area contributed by atoms with Crippen molar-refractivity contribution in [2.75, 3.05) is 13.6 Å². The van der Waals surface area contributed by atoms with E-state index in [0.717, 1.165) is 31.5 Å². The SMILES string of the molecule is CCCN(C)C(=O)c1ncn2c1CCC(C(=O)NC(C)C)C2. The summed E-state index contributed by atoms with van der Waals surface area (Å²) in [5.74, 6) is 0.0198. The molecule has 0 radical (unpaired) electrons. The second kappa shape index (κ2) is 6.94. The maximum Gasteiger partial charge on any atom is 0.274 e. The number of imidazole rings is 1. The van der Waals surface area contributed by atoms with Crippen LogP contribution in [0.4, 0.5) is 0 Å². The lowest BCUT2D eigenvalue weighted by atomic mass is 9.96. The van der Waals surface area contributed by atoms with Crippen LogP contribution in [0.25, 0.3) is 0 Å². The number of nitrogens with zero attached hydrogens (tertiary/aromatic N) is 3. The van der Waals surface area contributed by atoms with E-state index in [1.807, 2.05) is 25.3 Å². The molecule has 1 aromatic heterocycles. The number of aromatic nitrogens is 2. The smallest absolute Gasteiger partial charge is 0.274 e. The van der Waals surface area contributed by atoms with Gasteiger partial charge in [-0.05, 0) is 33.1 Å². The van der Waals surface area contributed by atoms with Crippen molar-refractivity contribution in [1.82, 2.24) is 19.8 Å². The van der Waals surface area contributed by atoms with Crippen molar-refractivity contribution in [1.29, 1.82) is 0 Å². The highest BCUT2D eigenvalue weighted by atomic mass is 16.2. The molecule has 6 heteroatoms. The topological polar surface area (TPSA) is 67.2 Å². The maximum atomic E-state index is 12.4. The summed E-state index contributed by atoms with van der Waals surface area (Å²) < 4.78 is 1.96. The molecule has 1 N–H and O–H groups in total. The van der Waals surface area contributed by atoms with Gasteiger partial charge in [-0.2, -0.15) is 0 Å². The van der Waals surface area contributed by atoms with Crippen molar-refractivity contribution in [2.45, 2.75) is 52.6 Å². The van der Waals surface area contributed by atoms with E-state index in [0.29, 0.717) is 12.2 Å². The molecule has 1 atom stereocenters. The van der Waals surface area contributed by atoms with Crippen LogP contribution in [-0.4, -0.2) is 45.9 Å². The van der Waals surface area contributed by atoms with Gasteiger partial charge in [-0.15, -0.1) is 0 Å². The Hall–Kier alpha value is -1.85. The molecule has 2 heterocycles. The maximum absolute atomic E-state index is 12.4. The van der Waals surface area contributed by atoms with E-state index in [1.54, 1.807) is 18.3 Å². The first-order valence-corrected chi connectivity index (χ1v) is 8.03. The Morgan fingerprint density at radius 3 is 2.86 bits per heavy atom. The zero-order valence-electron chi connectivity index (χ0n) is 13.9. The van der Waals surface area contributed by atoms with E-state index in [-0.39, 0.29) is 23.8 Å². The molecular formula is C16H26N4O2. The summed E-state index contributed by atoms with van der Waals surface area (Å²) in [6, 6.07) is 0.150. The molecule has 0 saturated heterocycles. The number of rotatable bonds is 5. The lowest BCUT2D eigenvalue weighted by Gasteiger charge is -2.25. The first-order chi connectivity index (χ1) is 10.4. The van der Waals surface area contributed by atoms with Crippen LogP contribution < -0.4 is 5.32 Å². The van der Waals surface area contributed by atoms with E-state index >= 15 is 0 Å². The van der Waals surface area contributed by atoms with Gasteiger partial charge in [0.05, 0.1) is 17.9 Å². The molecule has 0 aliphatic carbocycles. The van der Waals surface area contributed by atoms with Crippen LogP contribution in [-0.2, 0) is 17.8 Å². The summed E-state index contributed by atoms with van der Waals surface area (Å²) in [6.45, 7) is 7.30. The molecule has 1 aliphatic rings. The molecule has 0 fully saturated rings. The molecule has 0 spiro atoms. The Kier molecular flexibility index (Phi) is 5.21. The minimum Gasteiger partial charge on any atom is -0.354 e. The summed E-state index contributed by atoms with van der Waals surface area (Å²) in [5, 5.41) is 2.96. The summed E-state index contributed by atoms with van der Waals surface area (Å²) in [4.78, 5) is 30.5. The third-order valence-electron chi connectivity index (χ3n) is 4.00.